The van der Waals surface area contributed by atoms with Crippen molar-refractivity contribution in [3.05, 3.63) is 58.0 Å². The molecule has 0 saturated heterocycles. The van der Waals surface area contributed by atoms with Crippen LogP contribution in [0.3, 0.4) is 0 Å². The van der Waals surface area contributed by atoms with Crippen LogP contribution >= 0.6 is 0 Å². The highest BCUT2D eigenvalue weighted by molar-refractivity contribution is 5.84. The number of nitrogens with one attached hydrogen (secondary N) is 1. The first kappa shape index (κ1) is 13.2. The van der Waals surface area contributed by atoms with Crippen molar-refractivity contribution in [2.75, 3.05) is 0 Å². The van der Waals surface area contributed by atoms with E-state index in [-0.39, 0.29) is 11.5 Å². The highest BCUT2D eigenvalue weighted by atomic mass is 19.3. The Balaban J connectivity index is 2.09. The molecule has 2 aromatic heterocycles. The summed E-state index contributed by atoms with van der Waals surface area (Å²) in [7, 11) is 0. The molecule has 0 radical (unpaired) electrons. The number of alkyl halides is 2. The molecule has 0 amide bonds. The Kier molecular flexibility index (Phi) is 2.85. The Labute approximate surface area is 124 Å². The molecular formula is C16H13F2N3O. The molecule has 0 aliphatic heterocycles. The number of aromatic nitrogens is 3. The second-order valence-corrected chi connectivity index (χ2v) is 5.52. The normalized spacial score (nSPS) is 14.9. The van der Waals surface area contributed by atoms with Crippen molar-refractivity contribution in [1.29, 1.82) is 0 Å². The van der Waals surface area contributed by atoms with Crippen molar-refractivity contribution < 1.29 is 8.78 Å². The number of H-pyrrole nitrogens is 1. The summed E-state index contributed by atoms with van der Waals surface area (Å²) in [4.78, 5) is 14.4. The lowest BCUT2D eigenvalue weighted by Gasteiger charge is -2.04. The highest BCUT2D eigenvalue weighted by Gasteiger charge is 2.32. The number of pyridine rings is 1. The lowest BCUT2D eigenvalue weighted by atomic mass is 10.1. The number of halogens is 2. The van der Waals surface area contributed by atoms with E-state index in [0.717, 1.165) is 24.6 Å². The number of benzene rings is 1. The van der Waals surface area contributed by atoms with E-state index < -0.39 is 12.0 Å². The third kappa shape index (κ3) is 2.03. The van der Waals surface area contributed by atoms with Gasteiger partial charge in [-0.25, -0.2) is 13.5 Å². The summed E-state index contributed by atoms with van der Waals surface area (Å²) in [6.07, 6.45) is -0.804. The highest BCUT2D eigenvalue weighted by Crippen LogP contribution is 2.44. The van der Waals surface area contributed by atoms with E-state index in [4.69, 9.17) is 0 Å². The molecule has 1 N–H and O–H groups in total. The molecule has 6 heteroatoms. The van der Waals surface area contributed by atoms with Crippen LogP contribution in [0.5, 0.6) is 0 Å². The molecule has 0 unspecified atom stereocenters. The van der Waals surface area contributed by atoms with Crippen LogP contribution in [0.4, 0.5) is 8.78 Å². The van der Waals surface area contributed by atoms with Crippen molar-refractivity contribution in [3.63, 3.8) is 0 Å². The Morgan fingerprint density at radius 2 is 1.95 bits per heavy atom. The number of hydrogen-bond donors (Lipinski definition) is 1. The predicted molar refractivity (Wildman–Crippen MR) is 78.6 cm³/mol. The minimum atomic E-state index is -2.70. The Morgan fingerprint density at radius 3 is 2.59 bits per heavy atom. The average Bonchev–Trinajstić information content (AvgIpc) is 3.28. The van der Waals surface area contributed by atoms with E-state index in [1.54, 1.807) is 4.68 Å². The van der Waals surface area contributed by atoms with Gasteiger partial charge in [0.05, 0.1) is 16.8 Å². The first-order valence-electron chi connectivity index (χ1n) is 7.14. The maximum atomic E-state index is 13.4. The van der Waals surface area contributed by atoms with Gasteiger partial charge in [-0.05, 0) is 25.0 Å². The summed E-state index contributed by atoms with van der Waals surface area (Å²) in [6.45, 7) is 0. The first-order chi connectivity index (χ1) is 10.6. The lowest BCUT2D eigenvalue weighted by Crippen LogP contribution is -2.09. The minimum Gasteiger partial charge on any atom is -0.306 e. The number of aromatic amines is 1. The van der Waals surface area contributed by atoms with Crippen LogP contribution in [0.25, 0.3) is 16.7 Å². The molecule has 1 aliphatic rings. The Bertz CT molecular complexity index is 895. The molecule has 1 saturated carbocycles. The van der Waals surface area contributed by atoms with E-state index in [9.17, 15) is 13.6 Å². The molecule has 2 heterocycles. The van der Waals surface area contributed by atoms with Crippen LogP contribution in [-0.4, -0.2) is 14.8 Å². The molecule has 1 aromatic carbocycles. The van der Waals surface area contributed by atoms with Gasteiger partial charge in [0.2, 0.25) is 5.56 Å². The molecule has 112 valence electrons. The predicted octanol–water partition coefficient (Wildman–Crippen LogP) is 3.53. The van der Waals surface area contributed by atoms with Gasteiger partial charge in [0.25, 0.3) is 6.43 Å². The fraction of sp³-hybridized carbons (Fsp3) is 0.250. The maximum absolute atomic E-state index is 13.4. The zero-order valence-electron chi connectivity index (χ0n) is 11.6. The number of hydrogen-bond acceptors (Lipinski definition) is 2. The van der Waals surface area contributed by atoms with Crippen molar-refractivity contribution in [3.8, 4) is 5.69 Å². The SMILES string of the molecule is O=c1cc(C(F)F)c2c(C3CC3)nn(-c3ccccc3)c2[nH]1. The summed E-state index contributed by atoms with van der Waals surface area (Å²) in [5.74, 6) is 0.205. The molecule has 0 bridgehead atoms. The number of nitrogens with zero attached hydrogens (tertiary/aromatic N) is 2. The Hall–Kier alpha value is -2.50. The largest absolute Gasteiger partial charge is 0.306 e. The van der Waals surface area contributed by atoms with Gasteiger partial charge < -0.3 is 4.98 Å². The number of para-hydroxylation sites is 1. The molecule has 4 nitrogen and oxygen atoms in total. The van der Waals surface area contributed by atoms with E-state index >= 15 is 0 Å². The van der Waals surface area contributed by atoms with Gasteiger partial charge in [-0.3, -0.25) is 4.79 Å². The smallest absolute Gasteiger partial charge is 0.264 e. The zero-order valence-corrected chi connectivity index (χ0v) is 11.6. The molecule has 1 aliphatic carbocycles. The summed E-state index contributed by atoms with van der Waals surface area (Å²) >= 11 is 0. The second-order valence-electron chi connectivity index (χ2n) is 5.52. The van der Waals surface area contributed by atoms with Crippen LogP contribution in [0, 0.1) is 0 Å². The van der Waals surface area contributed by atoms with Crippen LogP contribution in [-0.2, 0) is 0 Å². The van der Waals surface area contributed by atoms with Crippen LogP contribution in [0.1, 0.15) is 36.4 Å². The summed E-state index contributed by atoms with van der Waals surface area (Å²) in [6, 6.07) is 10.2. The molecular weight excluding hydrogens is 288 g/mol. The van der Waals surface area contributed by atoms with Crippen molar-refractivity contribution in [2.24, 2.45) is 0 Å². The summed E-state index contributed by atoms with van der Waals surface area (Å²) in [5.41, 5.74) is 0.966. The molecule has 4 rings (SSSR count). The zero-order chi connectivity index (χ0) is 15.3. The van der Waals surface area contributed by atoms with Gasteiger partial charge >= 0.3 is 0 Å². The second kappa shape index (κ2) is 4.76. The third-order valence-corrected chi connectivity index (χ3v) is 3.93. The molecule has 22 heavy (non-hydrogen) atoms. The Morgan fingerprint density at radius 1 is 1.23 bits per heavy atom. The van der Waals surface area contributed by atoms with Crippen LogP contribution in [0.2, 0.25) is 0 Å². The monoisotopic (exact) mass is 301 g/mol. The quantitative estimate of drug-likeness (QED) is 0.804. The summed E-state index contributed by atoms with van der Waals surface area (Å²) < 4.78 is 28.3. The average molecular weight is 301 g/mol. The van der Waals surface area contributed by atoms with Gasteiger partial charge in [0, 0.05) is 17.5 Å². The summed E-state index contributed by atoms with van der Waals surface area (Å²) in [5, 5.41) is 4.91. The first-order valence-corrected chi connectivity index (χ1v) is 7.14. The van der Waals surface area contributed by atoms with Crippen molar-refractivity contribution >= 4 is 11.0 Å². The van der Waals surface area contributed by atoms with E-state index in [2.05, 4.69) is 10.1 Å². The molecule has 1 fully saturated rings. The fourth-order valence-corrected chi connectivity index (χ4v) is 2.77. The van der Waals surface area contributed by atoms with Gasteiger partial charge in [0.1, 0.15) is 5.65 Å². The van der Waals surface area contributed by atoms with E-state index in [1.807, 2.05) is 30.3 Å². The molecule has 0 spiro atoms. The van der Waals surface area contributed by atoms with Gasteiger partial charge in [0.15, 0.2) is 0 Å². The molecule has 0 atom stereocenters. The minimum absolute atomic E-state index is 0.205. The van der Waals surface area contributed by atoms with Crippen molar-refractivity contribution in [1.82, 2.24) is 14.8 Å². The number of fused-ring (bicyclic) bond motifs is 1. The van der Waals surface area contributed by atoms with Gasteiger partial charge in [-0.2, -0.15) is 5.10 Å². The molecule has 3 aromatic rings. The van der Waals surface area contributed by atoms with Gasteiger partial charge in [-0.1, -0.05) is 18.2 Å². The topological polar surface area (TPSA) is 50.7 Å². The van der Waals surface area contributed by atoms with E-state index in [1.165, 1.54) is 0 Å². The standard InChI is InChI=1S/C16H13F2N3O/c17-15(18)11-8-12(22)19-16-13(11)14(9-6-7-9)20-21(16)10-4-2-1-3-5-10/h1-5,8-9,15H,6-7H2,(H,19,22). The third-order valence-electron chi connectivity index (χ3n) is 3.93. The fourth-order valence-electron chi connectivity index (χ4n) is 2.77. The van der Waals surface area contributed by atoms with Crippen LogP contribution in [0.15, 0.2) is 41.2 Å². The van der Waals surface area contributed by atoms with Crippen molar-refractivity contribution in [2.45, 2.75) is 25.2 Å². The van der Waals surface area contributed by atoms with Gasteiger partial charge in [-0.15, -0.1) is 0 Å². The van der Waals surface area contributed by atoms with Crippen LogP contribution < -0.4 is 5.56 Å². The maximum Gasteiger partial charge on any atom is 0.264 e. The number of rotatable bonds is 3. The van der Waals surface area contributed by atoms with E-state index in [0.29, 0.717) is 16.7 Å². The lowest BCUT2D eigenvalue weighted by molar-refractivity contribution is 0.153.